The third-order valence-corrected chi connectivity index (χ3v) is 4.22. The van der Waals surface area contributed by atoms with Gasteiger partial charge in [0.1, 0.15) is 11.5 Å². The summed E-state index contributed by atoms with van der Waals surface area (Å²) in [5.74, 6) is 1.33. The van der Waals surface area contributed by atoms with Gasteiger partial charge in [0.15, 0.2) is 6.10 Å². The predicted octanol–water partition coefficient (Wildman–Crippen LogP) is 2.10. The number of amides is 2. The van der Waals surface area contributed by atoms with Crippen molar-refractivity contribution < 1.29 is 19.1 Å². The molecule has 2 aliphatic rings. The number of epoxide rings is 1. The minimum Gasteiger partial charge on any atom is -0.457 e. The van der Waals surface area contributed by atoms with Crippen molar-refractivity contribution in [3.05, 3.63) is 54.6 Å². The predicted molar refractivity (Wildman–Crippen MR) is 91.6 cm³/mol. The molecule has 2 saturated heterocycles. The highest BCUT2D eigenvalue weighted by atomic mass is 16.6. The highest BCUT2D eigenvalue weighted by molar-refractivity contribution is 5.97. The van der Waals surface area contributed by atoms with E-state index in [9.17, 15) is 9.59 Å². The molecule has 2 heterocycles. The molecule has 25 heavy (non-hydrogen) atoms. The number of rotatable bonds is 5. The van der Waals surface area contributed by atoms with Crippen molar-refractivity contribution in [2.75, 3.05) is 18.1 Å². The van der Waals surface area contributed by atoms with E-state index < -0.39 is 0 Å². The van der Waals surface area contributed by atoms with Gasteiger partial charge in [-0.25, -0.2) is 0 Å². The normalized spacial score (nSPS) is 21.9. The molecule has 2 aromatic carbocycles. The Morgan fingerprint density at radius 3 is 2.44 bits per heavy atom. The van der Waals surface area contributed by atoms with Gasteiger partial charge in [-0.2, -0.15) is 0 Å². The van der Waals surface area contributed by atoms with Crippen molar-refractivity contribution in [2.24, 2.45) is 0 Å². The summed E-state index contributed by atoms with van der Waals surface area (Å²) in [5.41, 5.74) is 0.796. The number of ether oxygens (including phenoxy) is 2. The Labute approximate surface area is 145 Å². The van der Waals surface area contributed by atoms with E-state index in [4.69, 9.17) is 9.47 Å². The Morgan fingerprint density at radius 2 is 1.76 bits per heavy atom. The summed E-state index contributed by atoms with van der Waals surface area (Å²) in [6.07, 6.45) is -0.0284. The maximum Gasteiger partial charge on any atom is 0.251 e. The van der Waals surface area contributed by atoms with Crippen molar-refractivity contribution in [3.8, 4) is 11.5 Å². The number of nitrogens with one attached hydrogen (secondary N) is 1. The van der Waals surface area contributed by atoms with Gasteiger partial charge in [0.05, 0.1) is 12.6 Å². The molecule has 0 aromatic heterocycles. The monoisotopic (exact) mass is 338 g/mol. The van der Waals surface area contributed by atoms with E-state index in [0.29, 0.717) is 25.3 Å². The highest BCUT2D eigenvalue weighted by Gasteiger charge is 2.36. The first-order valence-corrected chi connectivity index (χ1v) is 8.24. The van der Waals surface area contributed by atoms with Gasteiger partial charge in [-0.05, 0) is 36.4 Å². The van der Waals surface area contributed by atoms with Crippen LogP contribution in [0, 0.1) is 0 Å². The first-order valence-electron chi connectivity index (χ1n) is 8.24. The Hall–Kier alpha value is -2.86. The third-order valence-electron chi connectivity index (χ3n) is 4.22. The molecule has 2 amide bonds. The van der Waals surface area contributed by atoms with Crippen molar-refractivity contribution in [3.63, 3.8) is 0 Å². The summed E-state index contributed by atoms with van der Waals surface area (Å²) < 4.78 is 10.7. The summed E-state index contributed by atoms with van der Waals surface area (Å²) in [6.45, 7) is 0.940. The van der Waals surface area contributed by atoms with Gasteiger partial charge in [-0.3, -0.25) is 9.59 Å². The minimum atomic E-state index is -0.335. The van der Waals surface area contributed by atoms with Crippen LogP contribution in [0.4, 0.5) is 5.69 Å². The maximum absolute atomic E-state index is 12.2. The quantitative estimate of drug-likeness (QED) is 0.848. The van der Waals surface area contributed by atoms with E-state index in [0.717, 1.165) is 11.4 Å². The zero-order chi connectivity index (χ0) is 17.2. The van der Waals surface area contributed by atoms with Crippen molar-refractivity contribution in [2.45, 2.75) is 18.6 Å². The van der Waals surface area contributed by atoms with Crippen LogP contribution in [-0.2, 0) is 14.3 Å². The molecule has 0 bridgehead atoms. The number of para-hydroxylation sites is 1. The smallest absolute Gasteiger partial charge is 0.251 e. The van der Waals surface area contributed by atoms with E-state index >= 15 is 0 Å². The van der Waals surface area contributed by atoms with Gasteiger partial charge in [0.25, 0.3) is 5.91 Å². The molecule has 128 valence electrons. The van der Waals surface area contributed by atoms with Crippen molar-refractivity contribution >= 4 is 17.5 Å². The molecule has 6 heteroatoms. The zero-order valence-corrected chi connectivity index (χ0v) is 13.6. The van der Waals surface area contributed by atoms with E-state index in [1.165, 1.54) is 0 Å². The summed E-state index contributed by atoms with van der Waals surface area (Å²) >= 11 is 0. The average molecular weight is 338 g/mol. The molecule has 2 aliphatic heterocycles. The van der Waals surface area contributed by atoms with Crippen molar-refractivity contribution in [1.29, 1.82) is 0 Å². The van der Waals surface area contributed by atoms with E-state index in [-0.39, 0.29) is 24.0 Å². The fraction of sp³-hybridized carbons (Fsp3) is 0.263. The largest absolute Gasteiger partial charge is 0.457 e. The molecule has 0 aliphatic carbocycles. The highest BCUT2D eigenvalue weighted by Crippen LogP contribution is 2.27. The van der Waals surface area contributed by atoms with Crippen LogP contribution in [0.2, 0.25) is 0 Å². The number of nitrogens with zero attached hydrogens (tertiary/aromatic N) is 1. The first-order chi connectivity index (χ1) is 12.2. The molecule has 6 nitrogen and oxygen atoms in total. The molecule has 0 spiro atoms. The van der Waals surface area contributed by atoms with Crippen LogP contribution in [0.1, 0.15) is 6.42 Å². The summed E-state index contributed by atoms with van der Waals surface area (Å²) in [6, 6.07) is 16.7. The molecule has 0 radical (unpaired) electrons. The molecule has 2 unspecified atom stereocenters. The second kappa shape index (κ2) is 6.57. The van der Waals surface area contributed by atoms with E-state index in [2.05, 4.69) is 5.32 Å². The molecule has 2 fully saturated rings. The Bertz CT molecular complexity index is 772. The van der Waals surface area contributed by atoms with Gasteiger partial charge in [0, 0.05) is 18.7 Å². The molecule has 2 atom stereocenters. The summed E-state index contributed by atoms with van der Waals surface area (Å²) in [7, 11) is 0. The van der Waals surface area contributed by atoms with Crippen LogP contribution in [0.3, 0.4) is 0 Å². The number of anilines is 1. The third kappa shape index (κ3) is 3.64. The van der Waals surface area contributed by atoms with Gasteiger partial charge in [-0.15, -0.1) is 0 Å². The summed E-state index contributed by atoms with van der Waals surface area (Å²) in [4.78, 5) is 25.7. The lowest BCUT2D eigenvalue weighted by Crippen LogP contribution is -2.39. The Balaban J connectivity index is 1.39. The van der Waals surface area contributed by atoms with Crippen LogP contribution >= 0.6 is 0 Å². The number of carbonyl (C=O) groups is 2. The molecule has 2 aromatic rings. The SMILES string of the molecule is O=C(NC1CC(=O)N(c2ccc(Oc3ccccc3)cc2)C1)C1CO1. The Morgan fingerprint density at radius 1 is 1.08 bits per heavy atom. The van der Waals surface area contributed by atoms with Crippen molar-refractivity contribution in [1.82, 2.24) is 5.32 Å². The fourth-order valence-electron chi connectivity index (χ4n) is 2.87. The molecule has 0 saturated carbocycles. The Kier molecular flexibility index (Phi) is 4.11. The average Bonchev–Trinajstić information content (AvgIpc) is 3.41. The lowest BCUT2D eigenvalue weighted by molar-refractivity contribution is -0.122. The van der Waals surface area contributed by atoms with Crippen LogP contribution < -0.4 is 15.0 Å². The topological polar surface area (TPSA) is 71.2 Å². The first kappa shape index (κ1) is 15.7. The molecule has 1 N–H and O–H groups in total. The lowest BCUT2D eigenvalue weighted by atomic mass is 10.2. The van der Waals surface area contributed by atoms with Crippen LogP contribution in [0.25, 0.3) is 0 Å². The number of hydrogen-bond donors (Lipinski definition) is 1. The summed E-state index contributed by atoms with van der Waals surface area (Å²) in [5, 5.41) is 2.86. The minimum absolute atomic E-state index is 0.00116. The van der Waals surface area contributed by atoms with E-state index in [1.54, 1.807) is 4.90 Å². The van der Waals surface area contributed by atoms with Gasteiger partial charge < -0.3 is 19.7 Å². The second-order valence-corrected chi connectivity index (χ2v) is 6.14. The standard InChI is InChI=1S/C19H18N2O4/c22-18-10-13(20-19(23)17-12-24-17)11-21(18)14-6-8-16(9-7-14)25-15-4-2-1-3-5-15/h1-9,13,17H,10-12H2,(H,20,23). The molecule has 4 rings (SSSR count). The molecular weight excluding hydrogens is 320 g/mol. The van der Waals surface area contributed by atoms with Gasteiger partial charge in [0.2, 0.25) is 5.91 Å². The fourth-order valence-corrected chi connectivity index (χ4v) is 2.87. The van der Waals surface area contributed by atoms with E-state index in [1.807, 2.05) is 54.6 Å². The number of benzene rings is 2. The zero-order valence-electron chi connectivity index (χ0n) is 13.6. The van der Waals surface area contributed by atoms with Gasteiger partial charge >= 0.3 is 0 Å². The number of hydrogen-bond acceptors (Lipinski definition) is 4. The van der Waals surface area contributed by atoms with Gasteiger partial charge in [-0.1, -0.05) is 18.2 Å². The van der Waals surface area contributed by atoms with Crippen LogP contribution in [0.15, 0.2) is 54.6 Å². The maximum atomic E-state index is 12.2. The number of carbonyl (C=O) groups excluding carboxylic acids is 2. The molecular formula is C19H18N2O4. The lowest BCUT2D eigenvalue weighted by Gasteiger charge is -2.17. The van der Waals surface area contributed by atoms with Crippen LogP contribution in [0.5, 0.6) is 11.5 Å². The van der Waals surface area contributed by atoms with Crippen LogP contribution in [-0.4, -0.2) is 37.1 Å². The second-order valence-electron chi connectivity index (χ2n) is 6.14.